The molecule has 1 amide bonds. The molecule has 0 radical (unpaired) electrons. The van der Waals surface area contributed by atoms with Gasteiger partial charge in [0.05, 0.1) is 6.04 Å². The lowest BCUT2D eigenvalue weighted by atomic mass is 10.1. The zero-order valence-electron chi connectivity index (χ0n) is 14.5. The predicted octanol–water partition coefficient (Wildman–Crippen LogP) is 3.74. The van der Waals surface area contributed by atoms with E-state index in [2.05, 4.69) is 21.4 Å². The highest BCUT2D eigenvalue weighted by molar-refractivity contribution is 7.10. The number of carbonyl (C=O) groups is 1. The van der Waals surface area contributed by atoms with E-state index in [1.165, 1.54) is 4.88 Å². The van der Waals surface area contributed by atoms with Crippen LogP contribution >= 0.6 is 11.3 Å². The Morgan fingerprint density at radius 3 is 2.64 bits per heavy atom. The van der Waals surface area contributed by atoms with Gasteiger partial charge in [-0.1, -0.05) is 41.6 Å². The van der Waals surface area contributed by atoms with Gasteiger partial charge in [0, 0.05) is 17.0 Å². The van der Waals surface area contributed by atoms with Gasteiger partial charge in [-0.05, 0) is 32.5 Å². The first kappa shape index (κ1) is 17.4. The van der Waals surface area contributed by atoms with Gasteiger partial charge in [0.15, 0.2) is 0 Å². The van der Waals surface area contributed by atoms with Crippen molar-refractivity contribution in [1.82, 2.24) is 15.4 Å². The molecule has 1 atom stereocenters. The van der Waals surface area contributed by atoms with Crippen LogP contribution in [0, 0.1) is 6.92 Å². The Hall–Kier alpha value is -2.44. The molecule has 25 heavy (non-hydrogen) atoms. The maximum absolute atomic E-state index is 12.8. The van der Waals surface area contributed by atoms with E-state index in [1.807, 2.05) is 55.9 Å². The second-order valence-electron chi connectivity index (χ2n) is 6.03. The van der Waals surface area contributed by atoms with Gasteiger partial charge in [-0.25, -0.2) is 0 Å². The summed E-state index contributed by atoms with van der Waals surface area (Å²) in [6.45, 7) is 2.28. The van der Waals surface area contributed by atoms with Gasteiger partial charge >= 0.3 is 0 Å². The van der Waals surface area contributed by atoms with Crippen LogP contribution < -0.4 is 5.32 Å². The molecule has 5 nitrogen and oxygen atoms in total. The third-order valence-corrected chi connectivity index (χ3v) is 5.06. The van der Waals surface area contributed by atoms with E-state index in [9.17, 15) is 4.79 Å². The number of carbonyl (C=O) groups excluding carboxylic acids is 1. The summed E-state index contributed by atoms with van der Waals surface area (Å²) in [5.74, 6) is 0.356. The highest BCUT2D eigenvalue weighted by Gasteiger charge is 2.23. The minimum absolute atomic E-state index is 0.129. The van der Waals surface area contributed by atoms with Crippen LogP contribution in [0.4, 0.5) is 0 Å². The fourth-order valence-electron chi connectivity index (χ4n) is 2.73. The lowest BCUT2D eigenvalue weighted by Crippen LogP contribution is -2.34. The molecule has 0 saturated heterocycles. The van der Waals surface area contributed by atoms with E-state index in [-0.39, 0.29) is 11.9 Å². The third kappa shape index (κ3) is 3.81. The molecule has 0 spiro atoms. The van der Waals surface area contributed by atoms with Crippen molar-refractivity contribution in [1.29, 1.82) is 0 Å². The molecule has 0 saturated carbocycles. The largest absolute Gasteiger partial charge is 0.360 e. The van der Waals surface area contributed by atoms with Gasteiger partial charge in [0.25, 0.3) is 5.91 Å². The number of thiophene rings is 1. The molecule has 0 aliphatic rings. The molecule has 1 N–H and O–H groups in total. The molecular weight excluding hydrogens is 334 g/mol. The predicted molar refractivity (Wildman–Crippen MR) is 99.8 cm³/mol. The number of amides is 1. The van der Waals surface area contributed by atoms with Crippen LogP contribution in [0.2, 0.25) is 0 Å². The van der Waals surface area contributed by atoms with Gasteiger partial charge in [-0.2, -0.15) is 0 Å². The molecule has 130 valence electrons. The van der Waals surface area contributed by atoms with Crippen LogP contribution in [-0.2, 0) is 0 Å². The summed E-state index contributed by atoms with van der Waals surface area (Å²) < 4.78 is 5.28. The summed E-state index contributed by atoms with van der Waals surface area (Å²) in [7, 11) is 4.02. The highest BCUT2D eigenvalue weighted by Crippen LogP contribution is 2.26. The Labute approximate surface area is 151 Å². The Balaban J connectivity index is 1.79. The van der Waals surface area contributed by atoms with Gasteiger partial charge < -0.3 is 14.7 Å². The van der Waals surface area contributed by atoms with Crippen LogP contribution in [0.1, 0.15) is 27.0 Å². The number of nitrogens with one attached hydrogen (secondary N) is 1. The van der Waals surface area contributed by atoms with Crippen LogP contribution in [0.15, 0.2) is 52.4 Å². The first-order chi connectivity index (χ1) is 12.1. The monoisotopic (exact) mass is 355 g/mol. The Morgan fingerprint density at radius 2 is 2.00 bits per heavy atom. The molecule has 3 aromatic rings. The number of aromatic nitrogens is 1. The number of benzene rings is 1. The minimum atomic E-state index is -0.166. The van der Waals surface area contributed by atoms with Crippen LogP contribution in [-0.4, -0.2) is 36.6 Å². The maximum Gasteiger partial charge on any atom is 0.257 e. The minimum Gasteiger partial charge on any atom is -0.360 e. The number of likely N-dealkylation sites (N-methyl/N-ethyl adjacent to an activating group) is 1. The van der Waals surface area contributed by atoms with E-state index in [1.54, 1.807) is 18.3 Å². The molecular formula is C19H21N3O2S. The standard InChI is InChI=1S/C19H21N3O2S/c1-13-17(18(21-24-13)14-8-5-4-6-9-14)19(23)20-12-15(22(2)3)16-10-7-11-25-16/h4-11,15H,12H2,1-3H3,(H,20,23). The average Bonchev–Trinajstić information content (AvgIpc) is 3.25. The van der Waals surface area contributed by atoms with Crippen molar-refractivity contribution in [2.24, 2.45) is 0 Å². The summed E-state index contributed by atoms with van der Waals surface area (Å²) in [4.78, 5) is 16.1. The molecule has 2 heterocycles. The van der Waals surface area contributed by atoms with E-state index in [0.29, 0.717) is 23.6 Å². The zero-order chi connectivity index (χ0) is 17.8. The van der Waals surface area contributed by atoms with E-state index < -0.39 is 0 Å². The van der Waals surface area contributed by atoms with Crippen LogP contribution in [0.3, 0.4) is 0 Å². The summed E-state index contributed by atoms with van der Waals surface area (Å²) in [6, 6.07) is 13.8. The van der Waals surface area contributed by atoms with Crippen molar-refractivity contribution in [3.8, 4) is 11.3 Å². The molecule has 1 aromatic carbocycles. The van der Waals surface area contributed by atoms with Crippen molar-refractivity contribution >= 4 is 17.2 Å². The third-order valence-electron chi connectivity index (χ3n) is 4.09. The fraction of sp³-hybridized carbons (Fsp3) is 0.263. The van der Waals surface area contributed by atoms with Crippen molar-refractivity contribution in [2.75, 3.05) is 20.6 Å². The number of nitrogens with zero attached hydrogens (tertiary/aromatic N) is 2. The molecule has 2 aromatic heterocycles. The van der Waals surface area contributed by atoms with Crippen LogP contribution in [0.25, 0.3) is 11.3 Å². The molecule has 3 rings (SSSR count). The smallest absolute Gasteiger partial charge is 0.257 e. The van der Waals surface area contributed by atoms with Gasteiger partial charge in [-0.3, -0.25) is 4.79 Å². The summed E-state index contributed by atoms with van der Waals surface area (Å²) in [5.41, 5.74) is 1.94. The second kappa shape index (κ2) is 7.63. The number of rotatable bonds is 6. The molecule has 0 aliphatic carbocycles. The SMILES string of the molecule is Cc1onc(-c2ccccc2)c1C(=O)NCC(c1cccs1)N(C)C. The lowest BCUT2D eigenvalue weighted by Gasteiger charge is -2.23. The van der Waals surface area contributed by atoms with Gasteiger partial charge in [0.1, 0.15) is 17.0 Å². The molecule has 1 unspecified atom stereocenters. The highest BCUT2D eigenvalue weighted by atomic mass is 32.1. The second-order valence-corrected chi connectivity index (χ2v) is 7.01. The maximum atomic E-state index is 12.8. The Morgan fingerprint density at radius 1 is 1.24 bits per heavy atom. The van der Waals surface area contributed by atoms with E-state index in [4.69, 9.17) is 4.52 Å². The van der Waals surface area contributed by atoms with Gasteiger partial charge in [-0.15, -0.1) is 11.3 Å². The van der Waals surface area contributed by atoms with Crippen molar-refractivity contribution in [3.63, 3.8) is 0 Å². The van der Waals surface area contributed by atoms with Crippen molar-refractivity contribution < 1.29 is 9.32 Å². The lowest BCUT2D eigenvalue weighted by molar-refractivity contribution is 0.0941. The Kier molecular flexibility index (Phi) is 5.31. The molecule has 0 aliphatic heterocycles. The first-order valence-electron chi connectivity index (χ1n) is 8.07. The number of aryl methyl sites for hydroxylation is 1. The normalized spacial score (nSPS) is 12.3. The number of hydrogen-bond acceptors (Lipinski definition) is 5. The molecule has 0 bridgehead atoms. The number of hydrogen-bond donors (Lipinski definition) is 1. The first-order valence-corrected chi connectivity index (χ1v) is 8.95. The Bertz CT molecular complexity index is 826. The van der Waals surface area contributed by atoms with Crippen molar-refractivity contribution in [3.05, 3.63) is 64.0 Å². The average molecular weight is 355 g/mol. The van der Waals surface area contributed by atoms with Crippen molar-refractivity contribution in [2.45, 2.75) is 13.0 Å². The van der Waals surface area contributed by atoms with Gasteiger partial charge in [0.2, 0.25) is 0 Å². The molecule has 6 heteroatoms. The summed E-state index contributed by atoms with van der Waals surface area (Å²) in [6.07, 6.45) is 0. The van der Waals surface area contributed by atoms with Crippen LogP contribution in [0.5, 0.6) is 0 Å². The fourth-order valence-corrected chi connectivity index (χ4v) is 3.65. The summed E-state index contributed by atoms with van der Waals surface area (Å²) in [5, 5.41) is 9.15. The van der Waals surface area contributed by atoms with E-state index >= 15 is 0 Å². The van der Waals surface area contributed by atoms with E-state index in [0.717, 1.165) is 5.56 Å². The summed E-state index contributed by atoms with van der Waals surface area (Å²) >= 11 is 1.69. The quantitative estimate of drug-likeness (QED) is 0.732. The molecule has 0 fully saturated rings. The topological polar surface area (TPSA) is 58.4 Å². The zero-order valence-corrected chi connectivity index (χ0v) is 15.3.